The molecule has 0 aliphatic carbocycles. The fourth-order valence-electron chi connectivity index (χ4n) is 1.27. The van der Waals surface area contributed by atoms with Crippen molar-refractivity contribution in [2.75, 3.05) is 0 Å². The molecule has 0 saturated heterocycles. The van der Waals surface area contributed by atoms with Crippen LogP contribution in [0.1, 0.15) is 18.1 Å². The number of hydrogen-bond acceptors (Lipinski definition) is 2. The Morgan fingerprint density at radius 1 is 1.46 bits per heavy atom. The maximum Gasteiger partial charge on any atom is 0.328 e. The fraction of sp³-hybridized carbons (Fsp3) is 0.300. The summed E-state index contributed by atoms with van der Waals surface area (Å²) in [6.45, 7) is 3.35. The van der Waals surface area contributed by atoms with Gasteiger partial charge in [0.05, 0.1) is 0 Å². The Balaban J connectivity index is 3.22. The Hall–Kier alpha value is -1.35. The number of carboxylic acids is 1. The molecule has 0 aromatic heterocycles. The number of nitrogens with two attached hydrogens (primary N) is 1. The molecular formula is C10H13NO2. The monoisotopic (exact) mass is 179 g/mol. The van der Waals surface area contributed by atoms with Crippen LogP contribution in [0.3, 0.4) is 0 Å². The molecule has 0 amide bonds. The lowest BCUT2D eigenvalue weighted by Gasteiger charge is -2.21. The number of carbonyl (C=O) groups is 1. The summed E-state index contributed by atoms with van der Waals surface area (Å²) in [5, 5.41) is 8.89. The fourth-order valence-corrected chi connectivity index (χ4v) is 1.27. The summed E-state index contributed by atoms with van der Waals surface area (Å²) in [7, 11) is 0. The molecule has 0 spiro atoms. The van der Waals surface area contributed by atoms with Crippen LogP contribution in [0.2, 0.25) is 0 Å². The predicted molar refractivity (Wildman–Crippen MR) is 50.4 cm³/mol. The second-order valence-electron chi connectivity index (χ2n) is 3.32. The van der Waals surface area contributed by atoms with E-state index in [9.17, 15) is 4.79 Å². The first kappa shape index (κ1) is 9.74. The Labute approximate surface area is 77.2 Å². The highest BCUT2D eigenvalue weighted by Gasteiger charge is 2.31. The van der Waals surface area contributed by atoms with Crippen LogP contribution in [0, 0.1) is 6.92 Å². The van der Waals surface area contributed by atoms with Crippen LogP contribution in [0.4, 0.5) is 0 Å². The van der Waals surface area contributed by atoms with Gasteiger partial charge in [0.25, 0.3) is 0 Å². The van der Waals surface area contributed by atoms with Crippen molar-refractivity contribution in [3.05, 3.63) is 35.4 Å². The molecular weight excluding hydrogens is 166 g/mol. The largest absolute Gasteiger partial charge is 0.480 e. The van der Waals surface area contributed by atoms with Crippen molar-refractivity contribution in [3.8, 4) is 0 Å². The molecule has 13 heavy (non-hydrogen) atoms. The lowest BCUT2D eigenvalue weighted by Crippen LogP contribution is -2.42. The quantitative estimate of drug-likeness (QED) is 0.718. The summed E-state index contributed by atoms with van der Waals surface area (Å²) in [4.78, 5) is 10.8. The van der Waals surface area contributed by atoms with Crippen LogP contribution in [0.5, 0.6) is 0 Å². The SMILES string of the molecule is Cc1ccccc1C(C)(N)C(=O)O. The summed E-state index contributed by atoms with van der Waals surface area (Å²) in [5.41, 5.74) is 5.94. The van der Waals surface area contributed by atoms with E-state index < -0.39 is 11.5 Å². The van der Waals surface area contributed by atoms with Crippen LogP contribution in [-0.4, -0.2) is 11.1 Å². The lowest BCUT2D eigenvalue weighted by molar-refractivity contribution is -0.143. The van der Waals surface area contributed by atoms with Crippen molar-refractivity contribution in [2.24, 2.45) is 5.73 Å². The smallest absolute Gasteiger partial charge is 0.328 e. The van der Waals surface area contributed by atoms with Gasteiger partial charge in [-0.2, -0.15) is 0 Å². The maximum atomic E-state index is 10.8. The summed E-state index contributed by atoms with van der Waals surface area (Å²) in [5.74, 6) is -1.01. The minimum atomic E-state index is -1.30. The van der Waals surface area contributed by atoms with E-state index in [4.69, 9.17) is 10.8 Å². The minimum Gasteiger partial charge on any atom is -0.480 e. The summed E-state index contributed by atoms with van der Waals surface area (Å²) >= 11 is 0. The number of aryl methyl sites for hydroxylation is 1. The highest BCUT2D eigenvalue weighted by molar-refractivity contribution is 5.80. The van der Waals surface area contributed by atoms with Gasteiger partial charge in [-0.1, -0.05) is 24.3 Å². The van der Waals surface area contributed by atoms with Crippen LogP contribution < -0.4 is 5.73 Å². The van der Waals surface area contributed by atoms with Crippen molar-refractivity contribution >= 4 is 5.97 Å². The molecule has 1 unspecified atom stereocenters. The molecule has 3 N–H and O–H groups in total. The van der Waals surface area contributed by atoms with Gasteiger partial charge in [0.2, 0.25) is 0 Å². The highest BCUT2D eigenvalue weighted by Crippen LogP contribution is 2.21. The molecule has 1 aromatic carbocycles. The Morgan fingerprint density at radius 2 is 2.00 bits per heavy atom. The summed E-state index contributed by atoms with van der Waals surface area (Å²) in [6, 6.07) is 7.24. The molecule has 0 fully saturated rings. The molecule has 0 radical (unpaired) electrons. The number of carboxylic acid groups (broad SMARTS) is 1. The van der Waals surface area contributed by atoms with Crippen molar-refractivity contribution < 1.29 is 9.90 Å². The normalized spacial score (nSPS) is 15.0. The molecule has 0 bridgehead atoms. The molecule has 1 atom stereocenters. The lowest BCUT2D eigenvalue weighted by atomic mass is 9.90. The minimum absolute atomic E-state index is 0.655. The van der Waals surface area contributed by atoms with Crippen LogP contribution in [0.15, 0.2) is 24.3 Å². The molecule has 3 nitrogen and oxygen atoms in total. The van der Waals surface area contributed by atoms with E-state index in [1.54, 1.807) is 12.1 Å². The number of rotatable bonds is 2. The van der Waals surface area contributed by atoms with E-state index in [2.05, 4.69) is 0 Å². The Kier molecular flexibility index (Phi) is 2.38. The van der Waals surface area contributed by atoms with Gasteiger partial charge in [0.1, 0.15) is 5.54 Å². The molecule has 70 valence electrons. The average Bonchev–Trinajstić information content (AvgIpc) is 2.04. The summed E-state index contributed by atoms with van der Waals surface area (Å²) in [6.07, 6.45) is 0. The topological polar surface area (TPSA) is 63.3 Å². The van der Waals surface area contributed by atoms with Crippen LogP contribution in [-0.2, 0) is 10.3 Å². The van der Waals surface area contributed by atoms with Crippen LogP contribution >= 0.6 is 0 Å². The molecule has 0 aliphatic rings. The zero-order valence-corrected chi connectivity index (χ0v) is 7.74. The first-order valence-electron chi connectivity index (χ1n) is 4.04. The third kappa shape index (κ3) is 1.70. The first-order valence-corrected chi connectivity index (χ1v) is 4.04. The third-order valence-corrected chi connectivity index (χ3v) is 2.15. The summed E-state index contributed by atoms with van der Waals surface area (Å²) < 4.78 is 0. The number of hydrogen-bond donors (Lipinski definition) is 2. The van der Waals surface area contributed by atoms with Gasteiger partial charge in [0, 0.05) is 0 Å². The van der Waals surface area contributed by atoms with Crippen LogP contribution in [0.25, 0.3) is 0 Å². The molecule has 1 aromatic rings. The third-order valence-electron chi connectivity index (χ3n) is 2.15. The predicted octanol–water partition coefficient (Wildman–Crippen LogP) is 1.25. The second kappa shape index (κ2) is 3.18. The molecule has 1 rings (SSSR count). The van der Waals surface area contributed by atoms with Crippen molar-refractivity contribution in [2.45, 2.75) is 19.4 Å². The highest BCUT2D eigenvalue weighted by atomic mass is 16.4. The van der Waals surface area contributed by atoms with E-state index in [0.29, 0.717) is 5.56 Å². The van der Waals surface area contributed by atoms with E-state index in [1.807, 2.05) is 19.1 Å². The maximum absolute atomic E-state index is 10.8. The standard InChI is InChI=1S/C10H13NO2/c1-7-5-3-4-6-8(7)10(2,11)9(12)13/h3-6H,11H2,1-2H3,(H,12,13). The van der Waals surface area contributed by atoms with Gasteiger partial charge in [-0.3, -0.25) is 0 Å². The van der Waals surface area contributed by atoms with Crippen molar-refractivity contribution in [1.29, 1.82) is 0 Å². The van der Waals surface area contributed by atoms with Gasteiger partial charge < -0.3 is 10.8 Å². The molecule has 0 aliphatic heterocycles. The van der Waals surface area contributed by atoms with Crippen molar-refractivity contribution in [1.82, 2.24) is 0 Å². The molecule has 3 heteroatoms. The van der Waals surface area contributed by atoms with E-state index in [0.717, 1.165) is 5.56 Å². The van der Waals surface area contributed by atoms with Gasteiger partial charge in [0.15, 0.2) is 0 Å². The van der Waals surface area contributed by atoms with E-state index in [1.165, 1.54) is 6.92 Å². The first-order chi connectivity index (χ1) is 5.96. The zero-order valence-electron chi connectivity index (χ0n) is 7.74. The Bertz CT molecular complexity index is 331. The Morgan fingerprint density at radius 3 is 2.46 bits per heavy atom. The second-order valence-corrected chi connectivity index (χ2v) is 3.32. The van der Waals surface area contributed by atoms with Gasteiger partial charge in [-0.15, -0.1) is 0 Å². The average molecular weight is 179 g/mol. The van der Waals surface area contributed by atoms with Gasteiger partial charge in [-0.05, 0) is 25.0 Å². The molecule has 0 heterocycles. The van der Waals surface area contributed by atoms with E-state index in [-0.39, 0.29) is 0 Å². The zero-order chi connectivity index (χ0) is 10.1. The van der Waals surface area contributed by atoms with E-state index >= 15 is 0 Å². The van der Waals surface area contributed by atoms with Gasteiger partial charge >= 0.3 is 5.97 Å². The number of aliphatic carboxylic acids is 1. The van der Waals surface area contributed by atoms with Crippen molar-refractivity contribution in [3.63, 3.8) is 0 Å². The molecule has 0 saturated carbocycles. The van der Waals surface area contributed by atoms with Gasteiger partial charge in [-0.25, -0.2) is 4.79 Å². The number of benzene rings is 1.